The lowest BCUT2D eigenvalue weighted by Gasteiger charge is -2.10. The van der Waals surface area contributed by atoms with Crippen LogP contribution in [0.4, 0.5) is 0 Å². The molecule has 0 spiro atoms. The van der Waals surface area contributed by atoms with Crippen LogP contribution in [0.1, 0.15) is 22.4 Å². The maximum atomic E-state index is 12.6. The molecule has 2 aromatic rings. The number of hydrogen-bond donors (Lipinski definition) is 1. The topological polar surface area (TPSA) is 73.0 Å². The molecular formula is C15H18N2O2S. The van der Waals surface area contributed by atoms with Crippen LogP contribution in [0, 0.1) is 13.8 Å². The van der Waals surface area contributed by atoms with Gasteiger partial charge in [0.25, 0.3) is 0 Å². The van der Waals surface area contributed by atoms with E-state index in [0.29, 0.717) is 16.2 Å². The van der Waals surface area contributed by atoms with Crippen molar-refractivity contribution >= 4 is 9.84 Å². The van der Waals surface area contributed by atoms with Gasteiger partial charge in [-0.2, -0.15) is 0 Å². The molecule has 0 aliphatic carbocycles. The van der Waals surface area contributed by atoms with Crippen molar-refractivity contribution in [3.05, 3.63) is 58.9 Å². The van der Waals surface area contributed by atoms with E-state index in [-0.39, 0.29) is 12.3 Å². The number of benzene rings is 1. The van der Waals surface area contributed by atoms with Crippen LogP contribution in [0.15, 0.2) is 41.4 Å². The molecule has 4 nitrogen and oxygen atoms in total. The third kappa shape index (κ3) is 3.05. The molecule has 5 heteroatoms. The highest BCUT2D eigenvalue weighted by molar-refractivity contribution is 7.90. The predicted octanol–water partition coefficient (Wildman–Crippen LogP) is 2.13. The van der Waals surface area contributed by atoms with Gasteiger partial charge in [-0.05, 0) is 42.7 Å². The summed E-state index contributed by atoms with van der Waals surface area (Å²) in [7, 11) is -3.39. The Hall–Kier alpha value is -1.72. The lowest BCUT2D eigenvalue weighted by Crippen LogP contribution is -2.11. The lowest BCUT2D eigenvalue weighted by atomic mass is 10.2. The average molecular weight is 290 g/mol. The summed E-state index contributed by atoms with van der Waals surface area (Å²) in [6, 6.07) is 8.94. The largest absolute Gasteiger partial charge is 0.325 e. The molecule has 1 aromatic heterocycles. The van der Waals surface area contributed by atoms with Gasteiger partial charge in [-0.1, -0.05) is 18.2 Å². The van der Waals surface area contributed by atoms with Crippen molar-refractivity contribution in [3.8, 4) is 0 Å². The van der Waals surface area contributed by atoms with Crippen molar-refractivity contribution in [1.29, 1.82) is 0 Å². The molecule has 1 aromatic carbocycles. The van der Waals surface area contributed by atoms with E-state index < -0.39 is 9.84 Å². The van der Waals surface area contributed by atoms with Crippen molar-refractivity contribution < 1.29 is 8.42 Å². The average Bonchev–Trinajstić information content (AvgIpc) is 2.41. The first-order valence-corrected chi connectivity index (χ1v) is 8.02. The second-order valence-electron chi connectivity index (χ2n) is 4.84. The highest BCUT2D eigenvalue weighted by atomic mass is 32.2. The van der Waals surface area contributed by atoms with Crippen molar-refractivity contribution in [1.82, 2.24) is 4.98 Å². The van der Waals surface area contributed by atoms with Crippen molar-refractivity contribution in [2.75, 3.05) is 0 Å². The highest BCUT2D eigenvalue weighted by Crippen LogP contribution is 2.22. The summed E-state index contributed by atoms with van der Waals surface area (Å²) >= 11 is 0. The monoisotopic (exact) mass is 290 g/mol. The SMILES string of the molecule is Cc1ccc(C)c(S(=O)(=O)Cc2cccnc2CN)c1. The first kappa shape index (κ1) is 14.7. The molecule has 0 atom stereocenters. The second kappa shape index (κ2) is 5.73. The minimum Gasteiger partial charge on any atom is -0.325 e. The van der Waals surface area contributed by atoms with Gasteiger partial charge in [0.15, 0.2) is 9.84 Å². The molecular weight excluding hydrogens is 272 g/mol. The molecule has 0 saturated carbocycles. The minimum atomic E-state index is -3.39. The quantitative estimate of drug-likeness (QED) is 0.936. The van der Waals surface area contributed by atoms with Crippen LogP contribution in [-0.2, 0) is 22.1 Å². The molecule has 0 fully saturated rings. The summed E-state index contributed by atoms with van der Waals surface area (Å²) in [6.07, 6.45) is 1.62. The van der Waals surface area contributed by atoms with Gasteiger partial charge in [-0.15, -0.1) is 0 Å². The first-order chi connectivity index (χ1) is 9.44. The van der Waals surface area contributed by atoms with Gasteiger partial charge < -0.3 is 5.73 Å². The molecule has 0 amide bonds. The molecule has 0 radical (unpaired) electrons. The molecule has 0 aliphatic rings. The molecule has 1 heterocycles. The van der Waals surface area contributed by atoms with Gasteiger partial charge in [0.1, 0.15) is 0 Å². The summed E-state index contributed by atoms with van der Waals surface area (Å²) in [5.41, 5.74) is 8.58. The number of aromatic nitrogens is 1. The van der Waals surface area contributed by atoms with Gasteiger partial charge in [-0.3, -0.25) is 4.98 Å². The fourth-order valence-corrected chi connectivity index (χ4v) is 3.86. The summed E-state index contributed by atoms with van der Waals surface area (Å²) in [5, 5.41) is 0. The van der Waals surface area contributed by atoms with Crippen LogP contribution in [0.2, 0.25) is 0 Å². The van der Waals surface area contributed by atoms with Crippen molar-refractivity contribution in [3.63, 3.8) is 0 Å². The molecule has 0 aliphatic heterocycles. The zero-order chi connectivity index (χ0) is 14.8. The second-order valence-corrected chi connectivity index (χ2v) is 6.80. The molecule has 0 bridgehead atoms. The van der Waals surface area contributed by atoms with Gasteiger partial charge in [0.2, 0.25) is 0 Å². The Morgan fingerprint density at radius 3 is 2.65 bits per heavy atom. The standard InChI is InChI=1S/C15H18N2O2S/c1-11-5-6-12(2)15(8-11)20(18,19)10-13-4-3-7-17-14(13)9-16/h3-8H,9-10,16H2,1-2H3. The predicted molar refractivity (Wildman–Crippen MR) is 78.9 cm³/mol. The van der Waals surface area contributed by atoms with Crippen LogP contribution >= 0.6 is 0 Å². The third-order valence-corrected chi connectivity index (χ3v) is 5.00. The smallest absolute Gasteiger partial charge is 0.182 e. The van der Waals surface area contributed by atoms with E-state index in [1.807, 2.05) is 19.1 Å². The Balaban J connectivity index is 2.43. The molecule has 106 valence electrons. The van der Waals surface area contributed by atoms with Crippen LogP contribution < -0.4 is 5.73 Å². The Kier molecular flexibility index (Phi) is 4.20. The zero-order valence-electron chi connectivity index (χ0n) is 11.6. The molecule has 0 saturated heterocycles. The Morgan fingerprint density at radius 1 is 1.20 bits per heavy atom. The summed E-state index contributed by atoms with van der Waals surface area (Å²) < 4.78 is 25.1. The lowest BCUT2D eigenvalue weighted by molar-refractivity contribution is 0.594. The van der Waals surface area contributed by atoms with E-state index in [1.165, 1.54) is 0 Å². The van der Waals surface area contributed by atoms with Crippen molar-refractivity contribution in [2.24, 2.45) is 5.73 Å². The molecule has 2 N–H and O–H groups in total. The van der Waals surface area contributed by atoms with Gasteiger partial charge in [0, 0.05) is 12.7 Å². The first-order valence-electron chi connectivity index (χ1n) is 6.37. The van der Waals surface area contributed by atoms with Crippen LogP contribution in [-0.4, -0.2) is 13.4 Å². The van der Waals surface area contributed by atoms with Crippen LogP contribution in [0.3, 0.4) is 0 Å². The van der Waals surface area contributed by atoms with Gasteiger partial charge in [0.05, 0.1) is 16.3 Å². The van der Waals surface area contributed by atoms with Crippen LogP contribution in [0.5, 0.6) is 0 Å². The third-order valence-electron chi connectivity index (χ3n) is 3.20. The van der Waals surface area contributed by atoms with Crippen LogP contribution in [0.25, 0.3) is 0 Å². The fourth-order valence-electron chi connectivity index (χ4n) is 2.11. The summed E-state index contributed by atoms with van der Waals surface area (Å²) in [5.74, 6) is -0.0718. The van der Waals surface area contributed by atoms with Gasteiger partial charge >= 0.3 is 0 Å². The van der Waals surface area contributed by atoms with Crippen molar-refractivity contribution in [2.45, 2.75) is 31.0 Å². The Labute approximate surface area is 119 Å². The van der Waals surface area contributed by atoms with Gasteiger partial charge in [-0.25, -0.2) is 8.42 Å². The minimum absolute atomic E-state index is 0.0718. The van der Waals surface area contributed by atoms with E-state index in [4.69, 9.17) is 5.73 Å². The van der Waals surface area contributed by atoms with E-state index >= 15 is 0 Å². The number of pyridine rings is 1. The van der Waals surface area contributed by atoms with E-state index in [9.17, 15) is 8.42 Å². The fraction of sp³-hybridized carbons (Fsp3) is 0.267. The number of nitrogens with zero attached hydrogens (tertiary/aromatic N) is 1. The highest BCUT2D eigenvalue weighted by Gasteiger charge is 2.19. The molecule has 2 rings (SSSR count). The maximum absolute atomic E-state index is 12.6. The number of sulfone groups is 1. The normalized spacial score (nSPS) is 11.6. The summed E-state index contributed by atoms with van der Waals surface area (Å²) in [4.78, 5) is 4.50. The Morgan fingerprint density at radius 2 is 1.95 bits per heavy atom. The Bertz CT molecular complexity index is 724. The van der Waals surface area contributed by atoms with E-state index in [1.54, 1.807) is 31.3 Å². The van der Waals surface area contributed by atoms with E-state index in [2.05, 4.69) is 4.98 Å². The van der Waals surface area contributed by atoms with E-state index in [0.717, 1.165) is 11.1 Å². The number of hydrogen-bond acceptors (Lipinski definition) is 4. The number of rotatable bonds is 4. The molecule has 20 heavy (non-hydrogen) atoms. The number of nitrogens with two attached hydrogens (primary N) is 1. The maximum Gasteiger partial charge on any atom is 0.182 e. The number of aryl methyl sites for hydroxylation is 2. The molecule has 0 unspecified atom stereocenters. The summed E-state index contributed by atoms with van der Waals surface area (Å²) in [6.45, 7) is 3.92. The zero-order valence-corrected chi connectivity index (χ0v) is 12.4.